The number of imide groups is 1. The average Bonchev–Trinajstić information content (AvgIpc) is 3.15. The number of aryl methyl sites for hydroxylation is 1. The molecule has 184 valence electrons. The van der Waals surface area contributed by atoms with E-state index in [9.17, 15) is 14.4 Å². The molecule has 6 nitrogen and oxygen atoms in total. The van der Waals surface area contributed by atoms with Crippen LogP contribution in [0.5, 0.6) is 5.75 Å². The van der Waals surface area contributed by atoms with E-state index in [-0.39, 0.29) is 30.2 Å². The fraction of sp³-hybridized carbons (Fsp3) is 0.100. The molecule has 0 saturated carbocycles. The van der Waals surface area contributed by atoms with E-state index in [1.807, 2.05) is 79.7 Å². The Morgan fingerprint density at radius 3 is 2.57 bits per heavy atom. The molecule has 0 unspecified atom stereocenters. The van der Waals surface area contributed by atoms with Crippen LogP contribution in [0.2, 0.25) is 0 Å². The van der Waals surface area contributed by atoms with Gasteiger partial charge in [0, 0.05) is 11.3 Å². The minimum absolute atomic E-state index is 0.193. The van der Waals surface area contributed by atoms with E-state index in [2.05, 4.69) is 5.32 Å². The third kappa shape index (κ3) is 5.57. The number of ether oxygens (including phenoxy) is 1. The summed E-state index contributed by atoms with van der Waals surface area (Å²) in [5.74, 6) is -0.200. The molecule has 1 fully saturated rings. The summed E-state index contributed by atoms with van der Waals surface area (Å²) < 4.78 is 5.77. The van der Waals surface area contributed by atoms with Crippen molar-refractivity contribution < 1.29 is 19.1 Å². The van der Waals surface area contributed by atoms with Crippen LogP contribution >= 0.6 is 11.8 Å². The quantitative estimate of drug-likeness (QED) is 0.292. The lowest BCUT2D eigenvalue weighted by Gasteiger charge is -2.14. The fourth-order valence-corrected chi connectivity index (χ4v) is 5.00. The molecule has 0 aromatic heterocycles. The van der Waals surface area contributed by atoms with Crippen LogP contribution in [0.25, 0.3) is 16.8 Å². The number of carbonyl (C=O) groups excluding carboxylic acids is 3. The molecule has 5 rings (SSSR count). The second-order valence-electron chi connectivity index (χ2n) is 8.65. The van der Waals surface area contributed by atoms with Gasteiger partial charge in [-0.3, -0.25) is 19.3 Å². The Hall–Kier alpha value is -4.36. The summed E-state index contributed by atoms with van der Waals surface area (Å²) in [7, 11) is 0. The standard InChI is InChI=1S/C30H24N2O4S/c1-20-8-6-13-24(16-20)31-28(33)19-36-26-15-5-3-10-22(26)17-27-29(34)32(30(35)37-27)18-23-12-7-11-21-9-2-4-14-25(21)23/h2-17H,18-19H2,1H3,(H,31,33)/b27-17-. The molecule has 0 aliphatic carbocycles. The molecule has 3 amide bonds. The summed E-state index contributed by atoms with van der Waals surface area (Å²) in [6.07, 6.45) is 1.64. The number of carbonyl (C=O) groups is 3. The predicted octanol–water partition coefficient (Wildman–Crippen LogP) is 6.40. The van der Waals surface area contributed by atoms with Crippen molar-refractivity contribution in [3.05, 3.63) is 113 Å². The van der Waals surface area contributed by atoms with Crippen molar-refractivity contribution in [2.45, 2.75) is 13.5 Å². The number of hydrogen-bond acceptors (Lipinski definition) is 5. The number of nitrogens with zero attached hydrogens (tertiary/aromatic N) is 1. The van der Waals surface area contributed by atoms with Crippen molar-refractivity contribution in [2.24, 2.45) is 0 Å². The minimum atomic E-state index is -0.352. The number of nitrogens with one attached hydrogen (secondary N) is 1. The monoisotopic (exact) mass is 508 g/mol. The highest BCUT2D eigenvalue weighted by Crippen LogP contribution is 2.35. The molecule has 4 aromatic carbocycles. The third-order valence-electron chi connectivity index (χ3n) is 5.95. The van der Waals surface area contributed by atoms with Crippen LogP contribution in [-0.4, -0.2) is 28.6 Å². The summed E-state index contributed by atoms with van der Waals surface area (Å²) >= 11 is 0.901. The number of anilines is 1. The molecule has 37 heavy (non-hydrogen) atoms. The summed E-state index contributed by atoms with van der Waals surface area (Å²) in [6, 6.07) is 28.4. The van der Waals surface area contributed by atoms with Crippen LogP contribution in [0.1, 0.15) is 16.7 Å². The van der Waals surface area contributed by atoms with Gasteiger partial charge in [-0.25, -0.2) is 0 Å². The van der Waals surface area contributed by atoms with Gasteiger partial charge in [0.25, 0.3) is 17.1 Å². The summed E-state index contributed by atoms with van der Waals surface area (Å²) in [6.45, 7) is 1.95. The van der Waals surface area contributed by atoms with Crippen molar-refractivity contribution >= 4 is 51.4 Å². The Kier molecular flexibility index (Phi) is 7.05. The van der Waals surface area contributed by atoms with E-state index in [0.717, 1.165) is 33.7 Å². The minimum Gasteiger partial charge on any atom is -0.483 e. The maximum absolute atomic E-state index is 13.2. The Morgan fingerprint density at radius 1 is 0.946 bits per heavy atom. The van der Waals surface area contributed by atoms with Crippen molar-refractivity contribution in [1.82, 2.24) is 4.90 Å². The second-order valence-corrected chi connectivity index (χ2v) is 9.64. The highest BCUT2D eigenvalue weighted by molar-refractivity contribution is 8.18. The maximum Gasteiger partial charge on any atom is 0.293 e. The zero-order valence-electron chi connectivity index (χ0n) is 20.1. The van der Waals surface area contributed by atoms with Gasteiger partial charge in [0.05, 0.1) is 11.4 Å². The van der Waals surface area contributed by atoms with Crippen LogP contribution in [-0.2, 0) is 16.1 Å². The van der Waals surface area contributed by atoms with Crippen molar-refractivity contribution in [3.63, 3.8) is 0 Å². The van der Waals surface area contributed by atoms with E-state index in [4.69, 9.17) is 4.74 Å². The molecule has 0 radical (unpaired) electrons. The summed E-state index contributed by atoms with van der Waals surface area (Å²) in [5, 5.41) is 4.56. The molecule has 0 bridgehead atoms. The number of rotatable bonds is 7. The maximum atomic E-state index is 13.2. The number of fused-ring (bicyclic) bond motifs is 1. The van der Waals surface area contributed by atoms with Gasteiger partial charge in [0.15, 0.2) is 6.61 Å². The largest absolute Gasteiger partial charge is 0.483 e. The first-order chi connectivity index (χ1) is 18.0. The zero-order valence-corrected chi connectivity index (χ0v) is 21.0. The van der Waals surface area contributed by atoms with Crippen LogP contribution in [0.15, 0.2) is 95.9 Å². The van der Waals surface area contributed by atoms with E-state index in [0.29, 0.717) is 21.9 Å². The highest BCUT2D eigenvalue weighted by atomic mass is 32.2. The van der Waals surface area contributed by atoms with Crippen LogP contribution < -0.4 is 10.1 Å². The van der Waals surface area contributed by atoms with E-state index in [1.54, 1.807) is 24.3 Å². The predicted molar refractivity (Wildman–Crippen MR) is 147 cm³/mol. The van der Waals surface area contributed by atoms with Gasteiger partial charge < -0.3 is 10.1 Å². The third-order valence-corrected chi connectivity index (χ3v) is 6.86. The number of hydrogen-bond donors (Lipinski definition) is 1. The van der Waals surface area contributed by atoms with E-state index >= 15 is 0 Å². The SMILES string of the molecule is Cc1cccc(NC(=O)COc2ccccc2/C=C2\SC(=O)N(Cc3cccc4ccccc34)C2=O)c1. The lowest BCUT2D eigenvalue weighted by Crippen LogP contribution is -2.27. The Bertz CT molecular complexity index is 1540. The average molecular weight is 509 g/mol. The molecule has 1 aliphatic rings. The van der Waals surface area contributed by atoms with Gasteiger partial charge in [-0.2, -0.15) is 0 Å². The highest BCUT2D eigenvalue weighted by Gasteiger charge is 2.35. The van der Waals surface area contributed by atoms with Crippen molar-refractivity contribution in [1.29, 1.82) is 0 Å². The van der Waals surface area contributed by atoms with Gasteiger partial charge in [0.1, 0.15) is 5.75 Å². The van der Waals surface area contributed by atoms with Crippen LogP contribution in [0.3, 0.4) is 0 Å². The first kappa shape index (κ1) is 24.3. The molecule has 1 N–H and O–H groups in total. The first-order valence-electron chi connectivity index (χ1n) is 11.8. The normalized spacial score (nSPS) is 14.4. The molecular formula is C30H24N2O4S. The van der Waals surface area contributed by atoms with Gasteiger partial charge in [-0.1, -0.05) is 72.8 Å². The molecular weight excluding hydrogens is 484 g/mol. The Morgan fingerprint density at radius 2 is 1.70 bits per heavy atom. The lowest BCUT2D eigenvalue weighted by molar-refractivity contribution is -0.123. The molecule has 0 spiro atoms. The number of para-hydroxylation sites is 1. The van der Waals surface area contributed by atoms with Crippen molar-refractivity contribution in [2.75, 3.05) is 11.9 Å². The van der Waals surface area contributed by atoms with Crippen LogP contribution in [0.4, 0.5) is 10.5 Å². The Labute approximate surface area is 218 Å². The molecule has 1 saturated heterocycles. The van der Waals surface area contributed by atoms with Gasteiger partial charge in [-0.05, 0) is 64.9 Å². The summed E-state index contributed by atoms with van der Waals surface area (Å²) in [4.78, 5) is 39.9. The smallest absolute Gasteiger partial charge is 0.293 e. The lowest BCUT2D eigenvalue weighted by atomic mass is 10.0. The van der Waals surface area contributed by atoms with Gasteiger partial charge in [-0.15, -0.1) is 0 Å². The topological polar surface area (TPSA) is 75.7 Å². The summed E-state index contributed by atoms with van der Waals surface area (Å²) in [5.41, 5.74) is 3.26. The van der Waals surface area contributed by atoms with Crippen LogP contribution in [0, 0.1) is 6.92 Å². The first-order valence-corrected chi connectivity index (χ1v) is 12.6. The van der Waals surface area contributed by atoms with Crippen molar-refractivity contribution in [3.8, 4) is 5.75 Å². The molecule has 0 atom stereocenters. The molecule has 1 aliphatic heterocycles. The van der Waals surface area contributed by atoms with Gasteiger partial charge in [0.2, 0.25) is 0 Å². The van der Waals surface area contributed by atoms with E-state index < -0.39 is 0 Å². The zero-order chi connectivity index (χ0) is 25.8. The fourth-order valence-electron chi connectivity index (χ4n) is 4.17. The number of amides is 3. The molecule has 4 aromatic rings. The molecule has 1 heterocycles. The second kappa shape index (κ2) is 10.7. The number of thioether (sulfide) groups is 1. The number of benzene rings is 4. The molecule has 7 heteroatoms. The van der Waals surface area contributed by atoms with Gasteiger partial charge >= 0.3 is 0 Å². The van der Waals surface area contributed by atoms with E-state index in [1.165, 1.54) is 4.90 Å². The Balaban J connectivity index is 1.30.